The smallest absolute Gasteiger partial charge is 0.338 e. The van der Waals surface area contributed by atoms with E-state index in [0.29, 0.717) is 22.0 Å². The molecule has 2 aromatic rings. The van der Waals surface area contributed by atoms with E-state index in [0.717, 1.165) is 35.8 Å². The molecule has 148 valence electrons. The number of thiophene rings is 1. The molecule has 0 aliphatic heterocycles. The number of aryl methyl sites for hydroxylation is 1. The van der Waals surface area contributed by atoms with E-state index < -0.39 is 30.2 Å². The molecule has 0 unspecified atom stereocenters. The molecule has 2 amide bonds. The van der Waals surface area contributed by atoms with Crippen molar-refractivity contribution in [2.45, 2.75) is 33.1 Å². The Labute approximate surface area is 165 Å². The number of carbonyl (C=O) groups is 3. The average molecular weight is 404 g/mol. The second kappa shape index (κ2) is 8.10. The molecule has 1 aromatic carbocycles. The number of carbonyl (C=O) groups excluding carboxylic acids is 3. The van der Waals surface area contributed by atoms with Crippen molar-refractivity contribution in [2.75, 3.05) is 11.9 Å². The van der Waals surface area contributed by atoms with Crippen LogP contribution in [-0.4, -0.2) is 24.4 Å². The van der Waals surface area contributed by atoms with Gasteiger partial charge in [0.1, 0.15) is 10.8 Å². The van der Waals surface area contributed by atoms with E-state index in [1.165, 1.54) is 23.5 Å². The molecule has 0 fully saturated rings. The Morgan fingerprint density at radius 1 is 1.36 bits per heavy atom. The third kappa shape index (κ3) is 4.22. The molecule has 1 heterocycles. The van der Waals surface area contributed by atoms with E-state index in [2.05, 4.69) is 12.2 Å². The monoisotopic (exact) mass is 404 g/mol. The Hall–Kier alpha value is -2.74. The van der Waals surface area contributed by atoms with Crippen LogP contribution in [0.1, 0.15) is 50.1 Å². The lowest BCUT2D eigenvalue weighted by Gasteiger charge is -2.18. The maximum absolute atomic E-state index is 13.6. The maximum atomic E-state index is 13.6. The van der Waals surface area contributed by atoms with E-state index in [1.807, 2.05) is 0 Å². The first kappa shape index (κ1) is 20.0. The predicted molar refractivity (Wildman–Crippen MR) is 104 cm³/mol. The van der Waals surface area contributed by atoms with Crippen molar-refractivity contribution < 1.29 is 23.5 Å². The second-order valence-electron chi connectivity index (χ2n) is 7.01. The quantitative estimate of drug-likeness (QED) is 0.748. The second-order valence-corrected chi connectivity index (χ2v) is 8.11. The molecule has 3 rings (SSSR count). The third-order valence-corrected chi connectivity index (χ3v) is 5.92. The summed E-state index contributed by atoms with van der Waals surface area (Å²) in [4.78, 5) is 37.1. The molecule has 0 saturated carbocycles. The Balaban J connectivity index is 1.67. The van der Waals surface area contributed by atoms with Crippen molar-refractivity contribution in [3.8, 4) is 0 Å². The molecule has 1 atom stereocenters. The van der Waals surface area contributed by atoms with Crippen molar-refractivity contribution in [3.63, 3.8) is 0 Å². The summed E-state index contributed by atoms with van der Waals surface area (Å²) in [7, 11) is 0. The van der Waals surface area contributed by atoms with Crippen molar-refractivity contribution >= 4 is 34.1 Å². The van der Waals surface area contributed by atoms with Gasteiger partial charge < -0.3 is 15.8 Å². The van der Waals surface area contributed by atoms with Gasteiger partial charge in [-0.15, -0.1) is 11.3 Å². The zero-order valence-corrected chi connectivity index (χ0v) is 16.5. The zero-order chi connectivity index (χ0) is 20.4. The van der Waals surface area contributed by atoms with Crippen LogP contribution in [-0.2, 0) is 22.4 Å². The molecular formula is C20H21FN2O4S. The van der Waals surface area contributed by atoms with E-state index in [4.69, 9.17) is 10.5 Å². The fraction of sp³-hybridized carbons (Fsp3) is 0.350. The molecule has 3 N–H and O–H groups in total. The lowest BCUT2D eigenvalue weighted by Crippen LogP contribution is -2.23. The van der Waals surface area contributed by atoms with E-state index in [9.17, 15) is 18.8 Å². The number of fused-ring (bicyclic) bond motifs is 1. The molecule has 1 aliphatic carbocycles. The zero-order valence-electron chi connectivity index (χ0n) is 15.6. The fourth-order valence-electron chi connectivity index (χ4n) is 3.20. The first-order chi connectivity index (χ1) is 13.3. The number of anilines is 1. The molecule has 0 spiro atoms. The summed E-state index contributed by atoms with van der Waals surface area (Å²) in [6.45, 7) is 3.17. The molecule has 0 radical (unpaired) electrons. The van der Waals surface area contributed by atoms with Gasteiger partial charge in [-0.1, -0.05) is 13.0 Å². The van der Waals surface area contributed by atoms with E-state index >= 15 is 0 Å². The molecule has 1 aliphatic rings. The number of primary amides is 1. The predicted octanol–water partition coefficient (Wildman–Crippen LogP) is 3.21. The van der Waals surface area contributed by atoms with Crippen LogP contribution in [0.3, 0.4) is 0 Å². The summed E-state index contributed by atoms with van der Waals surface area (Å²) >= 11 is 1.33. The first-order valence-corrected chi connectivity index (χ1v) is 9.75. The highest BCUT2D eigenvalue weighted by molar-refractivity contribution is 7.17. The van der Waals surface area contributed by atoms with Gasteiger partial charge in [0.2, 0.25) is 0 Å². The summed E-state index contributed by atoms with van der Waals surface area (Å²) in [5.74, 6) is -2.00. The Morgan fingerprint density at radius 3 is 2.79 bits per heavy atom. The summed E-state index contributed by atoms with van der Waals surface area (Å²) in [6, 6.07) is 3.95. The minimum Gasteiger partial charge on any atom is -0.452 e. The summed E-state index contributed by atoms with van der Waals surface area (Å²) in [5.41, 5.74) is 7.18. The number of ether oxygens (including phenoxy) is 1. The van der Waals surface area contributed by atoms with Crippen LogP contribution in [0.4, 0.5) is 9.39 Å². The van der Waals surface area contributed by atoms with Crippen molar-refractivity contribution in [1.29, 1.82) is 0 Å². The molecule has 28 heavy (non-hydrogen) atoms. The van der Waals surface area contributed by atoms with Gasteiger partial charge in [-0.25, -0.2) is 9.18 Å². The van der Waals surface area contributed by atoms with Crippen molar-refractivity contribution in [1.82, 2.24) is 0 Å². The number of nitrogens with two attached hydrogens (primary N) is 1. The lowest BCUT2D eigenvalue weighted by molar-refractivity contribution is -0.119. The lowest BCUT2D eigenvalue weighted by atomic mass is 9.88. The van der Waals surface area contributed by atoms with Gasteiger partial charge in [-0.05, 0) is 55.4 Å². The van der Waals surface area contributed by atoms with Crippen LogP contribution in [0.5, 0.6) is 0 Å². The molecule has 0 bridgehead atoms. The van der Waals surface area contributed by atoms with Gasteiger partial charge in [0.15, 0.2) is 6.61 Å². The highest BCUT2D eigenvalue weighted by atomic mass is 32.1. The van der Waals surface area contributed by atoms with Crippen LogP contribution >= 0.6 is 11.3 Å². The topological polar surface area (TPSA) is 98.5 Å². The molecular weight excluding hydrogens is 383 g/mol. The number of nitrogens with one attached hydrogen (secondary N) is 1. The third-order valence-electron chi connectivity index (χ3n) is 4.75. The Morgan fingerprint density at radius 2 is 2.11 bits per heavy atom. The van der Waals surface area contributed by atoms with E-state index in [-0.39, 0.29) is 5.56 Å². The summed E-state index contributed by atoms with van der Waals surface area (Å²) in [5, 5.41) is 3.00. The van der Waals surface area contributed by atoms with Crippen molar-refractivity contribution in [3.05, 3.63) is 51.1 Å². The average Bonchev–Trinajstić information content (AvgIpc) is 2.98. The van der Waals surface area contributed by atoms with Gasteiger partial charge >= 0.3 is 5.97 Å². The maximum Gasteiger partial charge on any atom is 0.338 e. The molecule has 8 heteroatoms. The Bertz CT molecular complexity index is 954. The van der Waals surface area contributed by atoms with Crippen LogP contribution in [0, 0.1) is 18.7 Å². The van der Waals surface area contributed by atoms with Gasteiger partial charge in [-0.2, -0.15) is 0 Å². The minimum absolute atomic E-state index is 0.0225. The SMILES string of the molecule is Cc1ccc(C(=O)OCC(=O)Nc2sc3c(c2C(N)=O)CC[C@@H](C)C3)cc1F. The highest BCUT2D eigenvalue weighted by Gasteiger charge is 2.27. The number of rotatable bonds is 5. The largest absolute Gasteiger partial charge is 0.452 e. The fourth-order valence-corrected chi connectivity index (χ4v) is 4.63. The van der Waals surface area contributed by atoms with Crippen molar-refractivity contribution in [2.24, 2.45) is 11.7 Å². The molecule has 1 aromatic heterocycles. The van der Waals surface area contributed by atoms with Gasteiger partial charge in [0.05, 0.1) is 11.1 Å². The Kier molecular flexibility index (Phi) is 5.79. The van der Waals surface area contributed by atoms with Gasteiger partial charge in [0, 0.05) is 4.88 Å². The summed E-state index contributed by atoms with van der Waals surface area (Å²) < 4.78 is 18.5. The van der Waals surface area contributed by atoms with Gasteiger partial charge in [-0.3, -0.25) is 9.59 Å². The highest BCUT2D eigenvalue weighted by Crippen LogP contribution is 2.39. The van der Waals surface area contributed by atoms with Crippen LogP contribution in [0.15, 0.2) is 18.2 Å². The molecule has 6 nitrogen and oxygen atoms in total. The normalized spacial score (nSPS) is 15.6. The summed E-state index contributed by atoms with van der Waals surface area (Å²) in [6.07, 6.45) is 2.54. The number of halogens is 1. The number of hydrogen-bond acceptors (Lipinski definition) is 5. The number of amides is 2. The standard InChI is InChI=1S/C20H21FN2O4S/c1-10-3-6-13-15(7-10)28-19(17(13)18(22)25)23-16(24)9-27-20(26)12-5-4-11(2)14(21)8-12/h4-5,8,10H,3,6-7,9H2,1-2H3,(H2,22,25)(H,23,24)/t10-/m1/s1. The number of hydrogen-bond donors (Lipinski definition) is 2. The van der Waals surface area contributed by atoms with Crippen LogP contribution in [0.2, 0.25) is 0 Å². The van der Waals surface area contributed by atoms with E-state index in [1.54, 1.807) is 6.92 Å². The first-order valence-electron chi connectivity index (χ1n) is 8.93. The van der Waals surface area contributed by atoms with Crippen LogP contribution in [0.25, 0.3) is 0 Å². The van der Waals surface area contributed by atoms with Crippen LogP contribution < -0.4 is 11.1 Å². The number of esters is 1. The number of benzene rings is 1. The van der Waals surface area contributed by atoms with Gasteiger partial charge in [0.25, 0.3) is 11.8 Å². The molecule has 0 saturated heterocycles. The minimum atomic E-state index is -0.802.